The number of carbonyl (C=O) groups is 1. The van der Waals surface area contributed by atoms with Crippen LogP contribution in [0, 0.1) is 0 Å². The Hall–Kier alpha value is -1.31. The van der Waals surface area contributed by atoms with E-state index in [1.165, 1.54) is 24.0 Å². The summed E-state index contributed by atoms with van der Waals surface area (Å²) in [6.07, 6.45) is 3.57. The van der Waals surface area contributed by atoms with Crippen molar-refractivity contribution in [2.45, 2.75) is 39.0 Å². The van der Waals surface area contributed by atoms with E-state index in [1.807, 2.05) is 19.1 Å². The lowest BCUT2D eigenvalue weighted by Crippen LogP contribution is -2.10. The molecular weight excluding hydrogens is 200 g/mol. The van der Waals surface area contributed by atoms with E-state index in [0.29, 0.717) is 18.1 Å². The molecule has 0 heterocycles. The zero-order chi connectivity index (χ0) is 11.5. The molecule has 2 rings (SSSR count). The minimum absolute atomic E-state index is 0.205. The van der Waals surface area contributed by atoms with Crippen LogP contribution in [0.2, 0.25) is 0 Å². The minimum Gasteiger partial charge on any atom is -0.462 e. The fourth-order valence-electron chi connectivity index (χ4n) is 2.40. The fraction of sp³-hybridized carbons (Fsp3) is 0.500. The van der Waals surface area contributed by atoms with Crippen LogP contribution in [-0.2, 0) is 11.2 Å². The van der Waals surface area contributed by atoms with Gasteiger partial charge in [0.2, 0.25) is 0 Å². The predicted molar refractivity (Wildman–Crippen MR) is 63.8 cm³/mol. The van der Waals surface area contributed by atoms with Crippen molar-refractivity contribution in [3.05, 3.63) is 34.9 Å². The Morgan fingerprint density at radius 1 is 1.50 bits per heavy atom. The Kier molecular flexibility index (Phi) is 3.28. The molecular formula is C14H18O2. The van der Waals surface area contributed by atoms with Crippen LogP contribution in [0.3, 0.4) is 0 Å². The molecule has 0 amide bonds. The molecule has 0 fully saturated rings. The van der Waals surface area contributed by atoms with E-state index < -0.39 is 0 Å². The van der Waals surface area contributed by atoms with Crippen molar-refractivity contribution in [2.75, 3.05) is 6.61 Å². The fourth-order valence-corrected chi connectivity index (χ4v) is 2.40. The summed E-state index contributed by atoms with van der Waals surface area (Å²) in [5, 5.41) is 0. The van der Waals surface area contributed by atoms with Gasteiger partial charge in [-0.05, 0) is 55.4 Å². The number of ether oxygens (including phenoxy) is 1. The number of esters is 1. The predicted octanol–water partition coefficient (Wildman–Crippen LogP) is 3.30. The highest BCUT2D eigenvalue weighted by Crippen LogP contribution is 2.31. The number of hydrogen-bond donors (Lipinski definition) is 0. The third-order valence-corrected chi connectivity index (χ3v) is 3.27. The van der Waals surface area contributed by atoms with Crippen LogP contribution in [0.15, 0.2) is 18.2 Å². The first-order valence-corrected chi connectivity index (χ1v) is 6.02. The van der Waals surface area contributed by atoms with Crippen molar-refractivity contribution >= 4 is 5.97 Å². The van der Waals surface area contributed by atoms with Gasteiger partial charge < -0.3 is 4.74 Å². The minimum atomic E-state index is -0.205. The summed E-state index contributed by atoms with van der Waals surface area (Å²) in [6, 6.07) is 5.98. The monoisotopic (exact) mass is 218 g/mol. The largest absolute Gasteiger partial charge is 0.462 e. The highest BCUT2D eigenvalue weighted by Gasteiger charge is 2.18. The molecule has 1 atom stereocenters. The van der Waals surface area contributed by atoms with Gasteiger partial charge in [-0.25, -0.2) is 4.79 Å². The van der Waals surface area contributed by atoms with Crippen LogP contribution >= 0.6 is 0 Å². The summed E-state index contributed by atoms with van der Waals surface area (Å²) in [4.78, 5) is 11.6. The maximum atomic E-state index is 11.6. The van der Waals surface area contributed by atoms with E-state index in [1.54, 1.807) is 0 Å². The molecule has 0 aliphatic heterocycles. The van der Waals surface area contributed by atoms with Crippen LogP contribution in [0.1, 0.15) is 54.1 Å². The molecule has 86 valence electrons. The Morgan fingerprint density at radius 2 is 2.31 bits per heavy atom. The molecule has 1 aliphatic carbocycles. The first-order chi connectivity index (χ1) is 7.72. The molecule has 0 saturated carbocycles. The normalized spacial score (nSPS) is 19.0. The van der Waals surface area contributed by atoms with E-state index in [2.05, 4.69) is 13.0 Å². The Balaban J connectivity index is 2.28. The lowest BCUT2D eigenvalue weighted by atomic mass is 9.83. The second-order valence-corrected chi connectivity index (χ2v) is 4.43. The molecule has 0 bridgehead atoms. The van der Waals surface area contributed by atoms with Crippen molar-refractivity contribution in [3.63, 3.8) is 0 Å². The summed E-state index contributed by atoms with van der Waals surface area (Å²) in [7, 11) is 0. The second-order valence-electron chi connectivity index (χ2n) is 4.43. The summed E-state index contributed by atoms with van der Waals surface area (Å²) in [5.74, 6) is 0.420. The third-order valence-electron chi connectivity index (χ3n) is 3.27. The van der Waals surface area contributed by atoms with Gasteiger partial charge in [0.1, 0.15) is 0 Å². The van der Waals surface area contributed by atoms with Crippen molar-refractivity contribution in [2.24, 2.45) is 0 Å². The topological polar surface area (TPSA) is 26.3 Å². The van der Waals surface area contributed by atoms with Crippen LogP contribution in [0.25, 0.3) is 0 Å². The molecule has 1 aliphatic rings. The van der Waals surface area contributed by atoms with Crippen LogP contribution in [-0.4, -0.2) is 12.6 Å². The summed E-state index contributed by atoms with van der Waals surface area (Å²) in [5.41, 5.74) is 3.42. The Bertz CT molecular complexity index is 396. The molecule has 0 radical (unpaired) electrons. The number of hydrogen-bond acceptors (Lipinski definition) is 2. The molecule has 1 unspecified atom stereocenters. The van der Waals surface area contributed by atoms with Gasteiger partial charge >= 0.3 is 5.97 Å². The van der Waals surface area contributed by atoms with Gasteiger partial charge in [0.05, 0.1) is 12.2 Å². The first kappa shape index (κ1) is 11.2. The average Bonchev–Trinajstić information content (AvgIpc) is 2.29. The molecule has 1 aromatic rings. The lowest BCUT2D eigenvalue weighted by Gasteiger charge is -2.22. The zero-order valence-electron chi connectivity index (χ0n) is 9.95. The lowest BCUT2D eigenvalue weighted by molar-refractivity contribution is 0.0526. The molecule has 0 N–H and O–H groups in total. The van der Waals surface area contributed by atoms with Crippen molar-refractivity contribution < 1.29 is 9.53 Å². The van der Waals surface area contributed by atoms with Crippen molar-refractivity contribution in [1.82, 2.24) is 0 Å². The molecule has 0 spiro atoms. The van der Waals surface area contributed by atoms with Crippen LogP contribution < -0.4 is 0 Å². The highest BCUT2D eigenvalue weighted by molar-refractivity contribution is 5.89. The SMILES string of the molecule is CCOC(=O)c1ccc2c(c1)CCCC2C. The second kappa shape index (κ2) is 4.69. The van der Waals surface area contributed by atoms with E-state index in [9.17, 15) is 4.79 Å². The first-order valence-electron chi connectivity index (χ1n) is 6.02. The molecule has 0 saturated heterocycles. The smallest absolute Gasteiger partial charge is 0.338 e. The number of aryl methyl sites for hydroxylation is 1. The average molecular weight is 218 g/mol. The number of benzene rings is 1. The quantitative estimate of drug-likeness (QED) is 0.712. The van der Waals surface area contributed by atoms with Crippen LogP contribution in [0.5, 0.6) is 0 Å². The molecule has 2 nitrogen and oxygen atoms in total. The summed E-state index contributed by atoms with van der Waals surface area (Å²) < 4.78 is 5.01. The highest BCUT2D eigenvalue weighted by atomic mass is 16.5. The zero-order valence-corrected chi connectivity index (χ0v) is 9.95. The molecule has 16 heavy (non-hydrogen) atoms. The van der Waals surface area contributed by atoms with Gasteiger partial charge in [-0.15, -0.1) is 0 Å². The van der Waals surface area contributed by atoms with Gasteiger partial charge in [0, 0.05) is 0 Å². The van der Waals surface area contributed by atoms with Crippen LogP contribution in [0.4, 0.5) is 0 Å². The maximum absolute atomic E-state index is 11.6. The molecule has 1 aromatic carbocycles. The standard InChI is InChI=1S/C14H18O2/c1-3-16-14(15)12-7-8-13-10(2)5-4-6-11(13)9-12/h7-10H,3-6H2,1-2H3. The van der Waals surface area contributed by atoms with Crippen molar-refractivity contribution in [3.8, 4) is 0 Å². The van der Waals surface area contributed by atoms with Gasteiger partial charge in [0.15, 0.2) is 0 Å². The third kappa shape index (κ3) is 2.11. The van der Waals surface area contributed by atoms with Gasteiger partial charge in [0.25, 0.3) is 0 Å². The number of carbonyl (C=O) groups excluding carboxylic acids is 1. The van der Waals surface area contributed by atoms with Gasteiger partial charge in [-0.1, -0.05) is 13.0 Å². The van der Waals surface area contributed by atoms with E-state index in [0.717, 1.165) is 6.42 Å². The van der Waals surface area contributed by atoms with Gasteiger partial charge in [-0.3, -0.25) is 0 Å². The maximum Gasteiger partial charge on any atom is 0.338 e. The van der Waals surface area contributed by atoms with E-state index >= 15 is 0 Å². The Labute approximate surface area is 96.6 Å². The summed E-state index contributed by atoms with van der Waals surface area (Å²) >= 11 is 0. The van der Waals surface area contributed by atoms with E-state index in [4.69, 9.17) is 4.74 Å². The molecule has 0 aromatic heterocycles. The number of rotatable bonds is 2. The summed E-state index contributed by atoms with van der Waals surface area (Å²) in [6.45, 7) is 4.52. The van der Waals surface area contributed by atoms with Crippen molar-refractivity contribution in [1.29, 1.82) is 0 Å². The van der Waals surface area contributed by atoms with E-state index in [-0.39, 0.29) is 5.97 Å². The van der Waals surface area contributed by atoms with Gasteiger partial charge in [-0.2, -0.15) is 0 Å². The molecule has 2 heteroatoms. The number of fused-ring (bicyclic) bond motifs is 1. The Morgan fingerprint density at radius 3 is 3.06 bits per heavy atom.